The lowest BCUT2D eigenvalue weighted by Gasteiger charge is -2.11. The van der Waals surface area contributed by atoms with E-state index in [2.05, 4.69) is 6.58 Å². The van der Waals surface area contributed by atoms with Gasteiger partial charge in [-0.25, -0.2) is 0 Å². The Balaban J connectivity index is 2.44. The van der Waals surface area contributed by atoms with Crippen molar-refractivity contribution in [2.45, 2.75) is 26.2 Å². The smallest absolute Gasteiger partial charge is 0.0929 e. The largest absolute Gasteiger partial charge is 0.501 e. The van der Waals surface area contributed by atoms with Crippen LogP contribution in [-0.4, -0.2) is 13.2 Å². The van der Waals surface area contributed by atoms with Crippen molar-refractivity contribution in [3.63, 3.8) is 0 Å². The summed E-state index contributed by atoms with van der Waals surface area (Å²) in [6, 6.07) is 0. The molecule has 0 radical (unpaired) electrons. The van der Waals surface area contributed by atoms with Crippen LogP contribution in [0.1, 0.15) is 26.2 Å². The van der Waals surface area contributed by atoms with Crippen molar-refractivity contribution in [2.24, 2.45) is 0 Å². The Labute approximate surface area is 73.9 Å². The maximum absolute atomic E-state index is 5.40. The van der Waals surface area contributed by atoms with Crippen LogP contribution >= 0.6 is 0 Å². The Hall–Kier alpha value is -0.920. The first-order valence-electron chi connectivity index (χ1n) is 4.37. The van der Waals surface area contributed by atoms with Gasteiger partial charge < -0.3 is 9.47 Å². The molecule has 0 saturated heterocycles. The molecule has 1 aliphatic rings. The van der Waals surface area contributed by atoms with E-state index in [1.165, 1.54) is 5.57 Å². The Bertz CT molecular complexity index is 182. The average molecular weight is 168 g/mol. The highest BCUT2D eigenvalue weighted by Gasteiger charge is 2.00. The maximum Gasteiger partial charge on any atom is 0.0929 e. The Morgan fingerprint density at radius 3 is 2.92 bits per heavy atom. The molecule has 1 rings (SSSR count). The second-order valence-corrected chi connectivity index (χ2v) is 3.11. The SMILES string of the molecule is C=C1C/C(C)=C\OCCCCO1. The van der Waals surface area contributed by atoms with Crippen LogP contribution in [-0.2, 0) is 9.47 Å². The van der Waals surface area contributed by atoms with Gasteiger partial charge in [0.15, 0.2) is 0 Å². The maximum atomic E-state index is 5.40. The van der Waals surface area contributed by atoms with Gasteiger partial charge in [0.1, 0.15) is 0 Å². The van der Waals surface area contributed by atoms with Crippen molar-refractivity contribution < 1.29 is 9.47 Å². The van der Waals surface area contributed by atoms with Crippen LogP contribution in [0.3, 0.4) is 0 Å². The molecule has 0 aromatic heterocycles. The number of hydrogen-bond acceptors (Lipinski definition) is 2. The van der Waals surface area contributed by atoms with Gasteiger partial charge in [0.05, 0.1) is 25.2 Å². The zero-order valence-corrected chi connectivity index (χ0v) is 7.64. The minimum Gasteiger partial charge on any atom is -0.501 e. The number of allylic oxidation sites excluding steroid dienone is 1. The van der Waals surface area contributed by atoms with Crippen molar-refractivity contribution in [1.82, 2.24) is 0 Å². The van der Waals surface area contributed by atoms with Gasteiger partial charge in [-0.1, -0.05) is 6.58 Å². The quantitative estimate of drug-likeness (QED) is 0.553. The van der Waals surface area contributed by atoms with E-state index in [1.807, 2.05) is 6.92 Å². The third-order valence-electron chi connectivity index (χ3n) is 1.72. The van der Waals surface area contributed by atoms with E-state index in [0.29, 0.717) is 0 Å². The lowest BCUT2D eigenvalue weighted by Crippen LogP contribution is -2.00. The molecule has 0 fully saturated rings. The van der Waals surface area contributed by atoms with Crippen LogP contribution in [0.25, 0.3) is 0 Å². The van der Waals surface area contributed by atoms with Gasteiger partial charge >= 0.3 is 0 Å². The second kappa shape index (κ2) is 4.86. The normalized spacial score (nSPS) is 24.8. The fourth-order valence-electron chi connectivity index (χ4n) is 1.11. The predicted molar refractivity (Wildman–Crippen MR) is 48.7 cm³/mol. The van der Waals surface area contributed by atoms with Crippen LogP contribution in [0.15, 0.2) is 24.2 Å². The van der Waals surface area contributed by atoms with Crippen molar-refractivity contribution in [3.8, 4) is 0 Å². The van der Waals surface area contributed by atoms with E-state index in [-0.39, 0.29) is 0 Å². The molecule has 0 atom stereocenters. The summed E-state index contributed by atoms with van der Waals surface area (Å²) >= 11 is 0. The van der Waals surface area contributed by atoms with E-state index in [1.54, 1.807) is 6.26 Å². The number of rotatable bonds is 0. The van der Waals surface area contributed by atoms with Gasteiger partial charge in [0, 0.05) is 6.42 Å². The molecule has 0 bridgehead atoms. The highest BCUT2D eigenvalue weighted by molar-refractivity contribution is 5.04. The highest BCUT2D eigenvalue weighted by Crippen LogP contribution is 2.12. The first kappa shape index (κ1) is 9.17. The van der Waals surface area contributed by atoms with Crippen molar-refractivity contribution in [1.29, 1.82) is 0 Å². The van der Waals surface area contributed by atoms with Gasteiger partial charge in [-0.3, -0.25) is 0 Å². The van der Waals surface area contributed by atoms with Gasteiger partial charge in [-0.2, -0.15) is 0 Å². The van der Waals surface area contributed by atoms with Crippen LogP contribution in [0.2, 0.25) is 0 Å². The molecule has 2 nitrogen and oxygen atoms in total. The molecule has 0 spiro atoms. The molecule has 1 heterocycles. The summed E-state index contributed by atoms with van der Waals surface area (Å²) in [6.45, 7) is 7.42. The Morgan fingerprint density at radius 2 is 2.08 bits per heavy atom. The summed E-state index contributed by atoms with van der Waals surface area (Å²) in [4.78, 5) is 0. The average Bonchev–Trinajstić information content (AvgIpc) is 2.02. The molecule has 0 aromatic carbocycles. The standard InChI is InChI=1S/C10H16O2/c1-9-7-10(2)12-6-4-3-5-11-8-9/h8H,2-7H2,1H3/b9-8-. The molecule has 2 heteroatoms. The van der Waals surface area contributed by atoms with E-state index < -0.39 is 0 Å². The Morgan fingerprint density at radius 1 is 1.33 bits per heavy atom. The summed E-state index contributed by atoms with van der Waals surface area (Å²) in [5.41, 5.74) is 1.17. The van der Waals surface area contributed by atoms with Crippen LogP contribution in [0.4, 0.5) is 0 Å². The molecule has 12 heavy (non-hydrogen) atoms. The molecule has 0 N–H and O–H groups in total. The lowest BCUT2D eigenvalue weighted by atomic mass is 10.2. The van der Waals surface area contributed by atoms with Crippen molar-refractivity contribution >= 4 is 0 Å². The van der Waals surface area contributed by atoms with Gasteiger partial charge in [-0.05, 0) is 25.3 Å². The third kappa shape index (κ3) is 3.46. The molecular formula is C10H16O2. The van der Waals surface area contributed by atoms with E-state index >= 15 is 0 Å². The molecule has 0 unspecified atom stereocenters. The Kier molecular flexibility index (Phi) is 3.71. The first-order chi connectivity index (χ1) is 5.79. The molecule has 1 aliphatic heterocycles. The molecule has 0 aliphatic carbocycles. The molecular weight excluding hydrogens is 152 g/mol. The fraction of sp³-hybridized carbons (Fsp3) is 0.600. The van der Waals surface area contributed by atoms with Crippen LogP contribution in [0, 0.1) is 0 Å². The zero-order chi connectivity index (χ0) is 8.81. The summed E-state index contributed by atoms with van der Waals surface area (Å²) in [5, 5.41) is 0. The van der Waals surface area contributed by atoms with Gasteiger partial charge in [0.2, 0.25) is 0 Å². The monoisotopic (exact) mass is 168 g/mol. The van der Waals surface area contributed by atoms with E-state index in [9.17, 15) is 0 Å². The van der Waals surface area contributed by atoms with Crippen LogP contribution in [0.5, 0.6) is 0 Å². The first-order valence-corrected chi connectivity index (χ1v) is 4.37. The molecule has 68 valence electrons. The summed E-state index contributed by atoms with van der Waals surface area (Å²) < 4.78 is 10.7. The minimum absolute atomic E-state index is 0.773. The van der Waals surface area contributed by atoms with E-state index in [0.717, 1.165) is 38.2 Å². The topological polar surface area (TPSA) is 18.5 Å². The zero-order valence-electron chi connectivity index (χ0n) is 7.64. The molecule has 0 saturated carbocycles. The summed E-state index contributed by atoms with van der Waals surface area (Å²) in [6.07, 6.45) is 4.70. The number of ether oxygens (including phenoxy) is 2. The highest BCUT2D eigenvalue weighted by atomic mass is 16.5. The predicted octanol–water partition coefficient (Wildman–Crippen LogP) is 2.62. The van der Waals surface area contributed by atoms with Crippen LogP contribution < -0.4 is 0 Å². The van der Waals surface area contributed by atoms with E-state index in [4.69, 9.17) is 9.47 Å². The third-order valence-corrected chi connectivity index (χ3v) is 1.72. The summed E-state index contributed by atoms with van der Waals surface area (Å²) in [5.74, 6) is 0.842. The van der Waals surface area contributed by atoms with Crippen molar-refractivity contribution in [3.05, 3.63) is 24.2 Å². The second-order valence-electron chi connectivity index (χ2n) is 3.11. The van der Waals surface area contributed by atoms with Gasteiger partial charge in [-0.15, -0.1) is 0 Å². The van der Waals surface area contributed by atoms with Gasteiger partial charge in [0.25, 0.3) is 0 Å². The number of hydrogen-bond donors (Lipinski definition) is 0. The lowest BCUT2D eigenvalue weighted by molar-refractivity contribution is 0.173. The molecule has 0 amide bonds. The molecule has 0 aromatic rings. The minimum atomic E-state index is 0.773. The summed E-state index contributed by atoms with van der Waals surface area (Å²) in [7, 11) is 0. The van der Waals surface area contributed by atoms with Crippen molar-refractivity contribution in [2.75, 3.05) is 13.2 Å². The fourth-order valence-corrected chi connectivity index (χ4v) is 1.11.